The molecule has 0 aliphatic heterocycles. The number of nitrogens with one attached hydrogen (secondary N) is 1. The smallest absolute Gasteiger partial charge is 0.142 e. The summed E-state index contributed by atoms with van der Waals surface area (Å²) in [6.07, 6.45) is 0. The maximum atomic E-state index is 13.4. The van der Waals surface area contributed by atoms with Gasteiger partial charge in [0.15, 0.2) is 0 Å². The first kappa shape index (κ1) is 15.6. The molecule has 0 saturated carbocycles. The first-order chi connectivity index (χ1) is 10.2. The standard InChI is InChI=1S/C17H20ClFN2/c1-3-21(4-2)15-10-8-14(9-11-15)20-12-13-6-5-7-16(19)17(13)18/h5-11,20H,3-4,12H2,1-2H3. The molecule has 0 saturated heterocycles. The van der Waals surface area contributed by atoms with Gasteiger partial charge in [0.25, 0.3) is 0 Å². The molecule has 2 aromatic carbocycles. The molecule has 0 unspecified atom stereocenters. The van der Waals surface area contributed by atoms with E-state index in [-0.39, 0.29) is 10.8 Å². The minimum Gasteiger partial charge on any atom is -0.381 e. The highest BCUT2D eigenvalue weighted by atomic mass is 35.5. The van der Waals surface area contributed by atoms with E-state index in [0.717, 1.165) is 24.3 Å². The Hall–Kier alpha value is -1.74. The number of anilines is 2. The van der Waals surface area contributed by atoms with Crippen molar-refractivity contribution < 1.29 is 4.39 Å². The van der Waals surface area contributed by atoms with Gasteiger partial charge in [-0.3, -0.25) is 0 Å². The quantitative estimate of drug-likeness (QED) is 0.813. The van der Waals surface area contributed by atoms with Crippen LogP contribution in [0.15, 0.2) is 42.5 Å². The molecule has 1 N–H and O–H groups in total. The molecule has 2 aromatic rings. The van der Waals surface area contributed by atoms with Crippen molar-refractivity contribution in [2.45, 2.75) is 20.4 Å². The van der Waals surface area contributed by atoms with Crippen molar-refractivity contribution in [3.63, 3.8) is 0 Å². The predicted molar refractivity (Wildman–Crippen MR) is 88.7 cm³/mol. The maximum absolute atomic E-state index is 13.4. The normalized spacial score (nSPS) is 10.5. The van der Waals surface area contributed by atoms with E-state index >= 15 is 0 Å². The first-order valence-corrected chi connectivity index (χ1v) is 7.55. The van der Waals surface area contributed by atoms with E-state index in [4.69, 9.17) is 11.6 Å². The molecule has 112 valence electrons. The lowest BCUT2D eigenvalue weighted by molar-refractivity contribution is 0.626. The Balaban J connectivity index is 2.02. The minimum atomic E-state index is -0.382. The molecule has 0 aliphatic carbocycles. The Morgan fingerprint density at radius 3 is 2.33 bits per heavy atom. The van der Waals surface area contributed by atoms with Gasteiger partial charge in [0.2, 0.25) is 0 Å². The van der Waals surface area contributed by atoms with Crippen LogP contribution >= 0.6 is 11.6 Å². The van der Waals surface area contributed by atoms with E-state index in [9.17, 15) is 4.39 Å². The van der Waals surface area contributed by atoms with E-state index in [1.165, 1.54) is 11.8 Å². The van der Waals surface area contributed by atoms with Crippen LogP contribution in [0.25, 0.3) is 0 Å². The van der Waals surface area contributed by atoms with Gasteiger partial charge in [0.05, 0.1) is 5.02 Å². The number of hydrogen-bond donors (Lipinski definition) is 1. The summed E-state index contributed by atoms with van der Waals surface area (Å²) in [7, 11) is 0. The Labute approximate surface area is 130 Å². The number of halogens is 2. The van der Waals surface area contributed by atoms with Crippen molar-refractivity contribution in [2.75, 3.05) is 23.3 Å². The van der Waals surface area contributed by atoms with Crippen molar-refractivity contribution in [1.82, 2.24) is 0 Å². The van der Waals surface area contributed by atoms with Crippen molar-refractivity contribution in [2.24, 2.45) is 0 Å². The van der Waals surface area contributed by atoms with Gasteiger partial charge < -0.3 is 10.2 Å². The van der Waals surface area contributed by atoms with Crippen LogP contribution in [0.1, 0.15) is 19.4 Å². The largest absolute Gasteiger partial charge is 0.381 e. The van der Waals surface area contributed by atoms with E-state index in [1.807, 2.05) is 18.2 Å². The molecular formula is C17H20ClFN2. The fraction of sp³-hybridized carbons (Fsp3) is 0.294. The molecule has 2 nitrogen and oxygen atoms in total. The van der Waals surface area contributed by atoms with Crippen molar-refractivity contribution >= 4 is 23.0 Å². The lowest BCUT2D eigenvalue weighted by Crippen LogP contribution is -2.21. The van der Waals surface area contributed by atoms with Gasteiger partial charge in [0, 0.05) is 31.0 Å². The van der Waals surface area contributed by atoms with Crippen LogP contribution in [-0.2, 0) is 6.54 Å². The second kappa shape index (κ2) is 7.32. The summed E-state index contributed by atoms with van der Waals surface area (Å²) in [4.78, 5) is 2.28. The van der Waals surface area contributed by atoms with Gasteiger partial charge in [-0.1, -0.05) is 23.7 Å². The Morgan fingerprint density at radius 2 is 1.71 bits per heavy atom. The highest BCUT2D eigenvalue weighted by molar-refractivity contribution is 6.31. The number of nitrogens with zero attached hydrogens (tertiary/aromatic N) is 1. The molecule has 0 aromatic heterocycles. The lowest BCUT2D eigenvalue weighted by Gasteiger charge is -2.21. The van der Waals surface area contributed by atoms with Gasteiger partial charge >= 0.3 is 0 Å². The monoisotopic (exact) mass is 306 g/mol. The summed E-state index contributed by atoms with van der Waals surface area (Å²) in [5.74, 6) is -0.382. The molecule has 0 atom stereocenters. The summed E-state index contributed by atoms with van der Waals surface area (Å²) in [6.45, 7) is 6.76. The fourth-order valence-electron chi connectivity index (χ4n) is 2.26. The van der Waals surface area contributed by atoms with Gasteiger partial charge in [-0.25, -0.2) is 4.39 Å². The topological polar surface area (TPSA) is 15.3 Å². The zero-order valence-electron chi connectivity index (χ0n) is 12.4. The number of benzene rings is 2. The van der Waals surface area contributed by atoms with Crippen molar-refractivity contribution in [1.29, 1.82) is 0 Å². The van der Waals surface area contributed by atoms with Crippen LogP contribution in [0.4, 0.5) is 15.8 Å². The lowest BCUT2D eigenvalue weighted by atomic mass is 10.2. The van der Waals surface area contributed by atoms with E-state index in [2.05, 4.69) is 36.2 Å². The molecule has 21 heavy (non-hydrogen) atoms. The maximum Gasteiger partial charge on any atom is 0.142 e. The Bertz CT molecular complexity index is 580. The van der Waals surface area contributed by atoms with Crippen LogP contribution in [0.3, 0.4) is 0 Å². The average molecular weight is 307 g/mol. The highest BCUT2D eigenvalue weighted by Gasteiger charge is 2.05. The zero-order chi connectivity index (χ0) is 15.2. The van der Waals surface area contributed by atoms with Gasteiger partial charge in [-0.15, -0.1) is 0 Å². The first-order valence-electron chi connectivity index (χ1n) is 7.17. The summed E-state index contributed by atoms with van der Waals surface area (Å²) in [5.41, 5.74) is 2.95. The molecule has 0 radical (unpaired) electrons. The van der Waals surface area contributed by atoms with Gasteiger partial charge in [0.1, 0.15) is 5.82 Å². The Morgan fingerprint density at radius 1 is 1.05 bits per heavy atom. The molecule has 0 heterocycles. The van der Waals surface area contributed by atoms with E-state index in [0.29, 0.717) is 6.54 Å². The Kier molecular flexibility index (Phi) is 5.45. The average Bonchev–Trinajstić information content (AvgIpc) is 2.51. The molecule has 0 spiro atoms. The fourth-order valence-corrected chi connectivity index (χ4v) is 2.45. The number of rotatable bonds is 6. The van der Waals surface area contributed by atoms with Gasteiger partial charge in [-0.2, -0.15) is 0 Å². The van der Waals surface area contributed by atoms with E-state index < -0.39 is 0 Å². The summed E-state index contributed by atoms with van der Waals surface area (Å²) < 4.78 is 13.4. The van der Waals surface area contributed by atoms with Crippen LogP contribution in [0.2, 0.25) is 5.02 Å². The molecular weight excluding hydrogens is 287 g/mol. The highest BCUT2D eigenvalue weighted by Crippen LogP contribution is 2.22. The van der Waals surface area contributed by atoms with Crippen molar-refractivity contribution in [3.8, 4) is 0 Å². The SMILES string of the molecule is CCN(CC)c1ccc(NCc2cccc(F)c2Cl)cc1. The second-order valence-electron chi connectivity index (χ2n) is 4.79. The second-order valence-corrected chi connectivity index (χ2v) is 5.16. The molecule has 0 aliphatic rings. The molecule has 2 rings (SSSR count). The molecule has 4 heteroatoms. The van der Waals surface area contributed by atoms with Gasteiger partial charge in [-0.05, 0) is 49.7 Å². The third kappa shape index (κ3) is 3.88. The van der Waals surface area contributed by atoms with Crippen LogP contribution in [0.5, 0.6) is 0 Å². The zero-order valence-corrected chi connectivity index (χ0v) is 13.1. The molecule has 0 amide bonds. The minimum absolute atomic E-state index is 0.185. The van der Waals surface area contributed by atoms with Crippen LogP contribution in [0, 0.1) is 5.82 Å². The van der Waals surface area contributed by atoms with Crippen LogP contribution < -0.4 is 10.2 Å². The molecule has 0 bridgehead atoms. The summed E-state index contributed by atoms with van der Waals surface area (Å²) >= 11 is 5.94. The summed E-state index contributed by atoms with van der Waals surface area (Å²) in [5, 5.41) is 3.45. The van der Waals surface area contributed by atoms with E-state index in [1.54, 1.807) is 6.07 Å². The van der Waals surface area contributed by atoms with Crippen molar-refractivity contribution in [3.05, 3.63) is 58.9 Å². The molecule has 0 fully saturated rings. The third-order valence-corrected chi connectivity index (χ3v) is 3.93. The number of hydrogen-bond acceptors (Lipinski definition) is 2. The third-order valence-electron chi connectivity index (χ3n) is 3.51. The van der Waals surface area contributed by atoms with Crippen LogP contribution in [-0.4, -0.2) is 13.1 Å². The summed E-state index contributed by atoms with van der Waals surface area (Å²) in [6, 6.07) is 13.1. The predicted octanol–water partition coefficient (Wildman–Crippen LogP) is 4.94.